The van der Waals surface area contributed by atoms with Crippen LogP contribution in [-0.2, 0) is 5.60 Å². The first-order valence-corrected chi connectivity index (χ1v) is 6.62. The van der Waals surface area contributed by atoms with Crippen molar-refractivity contribution in [3.05, 3.63) is 29.8 Å². The monoisotopic (exact) mass is 251 g/mol. The molecule has 0 aliphatic rings. The van der Waals surface area contributed by atoms with E-state index in [9.17, 15) is 5.11 Å². The molecular weight excluding hydrogens is 226 g/mol. The molecule has 0 saturated carbocycles. The zero-order chi connectivity index (χ0) is 13.6. The Hall–Kier alpha value is -1.06. The van der Waals surface area contributed by atoms with Gasteiger partial charge in [0.25, 0.3) is 0 Å². The van der Waals surface area contributed by atoms with Crippen LogP contribution in [0.25, 0.3) is 0 Å². The van der Waals surface area contributed by atoms with Crippen LogP contribution in [0.15, 0.2) is 24.3 Å². The van der Waals surface area contributed by atoms with Gasteiger partial charge in [-0.3, -0.25) is 0 Å². The largest absolute Gasteiger partial charge is 0.493 e. The van der Waals surface area contributed by atoms with Crippen molar-refractivity contribution in [2.45, 2.75) is 33.3 Å². The minimum Gasteiger partial charge on any atom is -0.493 e. The van der Waals surface area contributed by atoms with Gasteiger partial charge in [-0.25, -0.2) is 0 Å². The van der Waals surface area contributed by atoms with Gasteiger partial charge in [-0.2, -0.15) is 0 Å². The quantitative estimate of drug-likeness (QED) is 0.782. The Morgan fingerprint density at radius 1 is 1.33 bits per heavy atom. The van der Waals surface area contributed by atoms with E-state index in [1.165, 1.54) is 0 Å². The number of rotatable bonds is 7. The van der Waals surface area contributed by atoms with Gasteiger partial charge in [0.05, 0.1) is 6.61 Å². The number of aliphatic hydroxyl groups is 1. The molecule has 0 radical (unpaired) electrons. The highest BCUT2D eigenvalue weighted by Gasteiger charge is 2.26. The van der Waals surface area contributed by atoms with E-state index in [0.29, 0.717) is 19.1 Å². The third kappa shape index (κ3) is 4.31. The molecule has 0 bridgehead atoms. The van der Waals surface area contributed by atoms with E-state index in [1.807, 2.05) is 38.1 Å². The molecule has 3 nitrogen and oxygen atoms in total. The van der Waals surface area contributed by atoms with E-state index in [-0.39, 0.29) is 0 Å². The molecule has 0 aliphatic carbocycles. The van der Waals surface area contributed by atoms with E-state index in [2.05, 4.69) is 19.2 Å². The van der Waals surface area contributed by atoms with E-state index in [1.54, 1.807) is 0 Å². The molecule has 0 aliphatic heterocycles. The highest BCUT2D eigenvalue weighted by atomic mass is 16.5. The van der Waals surface area contributed by atoms with Gasteiger partial charge in [0.15, 0.2) is 0 Å². The van der Waals surface area contributed by atoms with Crippen LogP contribution in [0.5, 0.6) is 5.75 Å². The van der Waals surface area contributed by atoms with Crippen LogP contribution in [0.2, 0.25) is 0 Å². The first-order chi connectivity index (χ1) is 8.47. The number of ether oxygens (including phenoxy) is 1. The maximum atomic E-state index is 10.6. The third-order valence-electron chi connectivity index (χ3n) is 2.79. The minimum absolute atomic E-state index is 0.523. The van der Waals surface area contributed by atoms with Gasteiger partial charge in [0.1, 0.15) is 11.4 Å². The lowest BCUT2D eigenvalue weighted by Gasteiger charge is -2.27. The van der Waals surface area contributed by atoms with E-state index >= 15 is 0 Å². The van der Waals surface area contributed by atoms with Gasteiger partial charge in [0.2, 0.25) is 0 Å². The Morgan fingerprint density at radius 3 is 2.61 bits per heavy atom. The summed E-state index contributed by atoms with van der Waals surface area (Å²) in [5.74, 6) is 1.33. The lowest BCUT2D eigenvalue weighted by Crippen LogP contribution is -2.37. The van der Waals surface area contributed by atoms with Crippen molar-refractivity contribution < 1.29 is 9.84 Å². The first kappa shape index (κ1) is 15.0. The van der Waals surface area contributed by atoms with Crippen LogP contribution >= 0.6 is 0 Å². The highest BCUT2D eigenvalue weighted by molar-refractivity contribution is 5.37. The number of para-hydroxylation sites is 1. The molecule has 1 atom stereocenters. The van der Waals surface area contributed by atoms with Gasteiger partial charge < -0.3 is 15.2 Å². The molecule has 102 valence electrons. The second-order valence-corrected chi connectivity index (χ2v) is 5.23. The van der Waals surface area contributed by atoms with Crippen molar-refractivity contribution in [3.63, 3.8) is 0 Å². The Bertz CT molecular complexity index is 361. The summed E-state index contributed by atoms with van der Waals surface area (Å²) in [4.78, 5) is 0. The summed E-state index contributed by atoms with van der Waals surface area (Å²) in [5.41, 5.74) is -0.0798. The lowest BCUT2D eigenvalue weighted by molar-refractivity contribution is 0.0532. The smallest absolute Gasteiger partial charge is 0.125 e. The molecule has 2 N–H and O–H groups in total. The van der Waals surface area contributed by atoms with Gasteiger partial charge in [0, 0.05) is 12.1 Å². The normalized spacial score (nSPS) is 14.6. The zero-order valence-electron chi connectivity index (χ0n) is 11.9. The highest BCUT2D eigenvalue weighted by Crippen LogP contribution is 2.29. The number of hydrogen-bond acceptors (Lipinski definition) is 3. The standard InChI is InChI=1S/C15H25NO2/c1-5-18-14-9-7-6-8-13(14)15(4,17)11-16-10-12(2)3/h6-9,12,16-17H,5,10-11H2,1-4H3. The number of hydrogen-bond donors (Lipinski definition) is 2. The predicted octanol–water partition coefficient (Wildman–Crippen LogP) is 2.54. The number of nitrogens with one attached hydrogen (secondary N) is 1. The van der Waals surface area contributed by atoms with Gasteiger partial charge in [-0.05, 0) is 32.4 Å². The second-order valence-electron chi connectivity index (χ2n) is 5.23. The average Bonchev–Trinajstić information content (AvgIpc) is 2.29. The average molecular weight is 251 g/mol. The molecule has 1 unspecified atom stereocenters. The fraction of sp³-hybridized carbons (Fsp3) is 0.600. The second kappa shape index (κ2) is 6.76. The summed E-state index contributed by atoms with van der Waals surface area (Å²) >= 11 is 0. The fourth-order valence-corrected chi connectivity index (χ4v) is 1.89. The van der Waals surface area contributed by atoms with Gasteiger partial charge in [-0.15, -0.1) is 0 Å². The molecule has 0 spiro atoms. The summed E-state index contributed by atoms with van der Waals surface area (Å²) in [5, 5.41) is 13.9. The molecule has 0 aromatic heterocycles. The SMILES string of the molecule is CCOc1ccccc1C(C)(O)CNCC(C)C. The van der Waals surface area contributed by atoms with Crippen LogP contribution in [0, 0.1) is 5.92 Å². The van der Waals surface area contributed by atoms with Crippen molar-refractivity contribution in [2.75, 3.05) is 19.7 Å². The molecule has 1 rings (SSSR count). The van der Waals surface area contributed by atoms with Crippen LogP contribution in [0.3, 0.4) is 0 Å². The van der Waals surface area contributed by atoms with Crippen LogP contribution in [-0.4, -0.2) is 24.8 Å². The van der Waals surface area contributed by atoms with Gasteiger partial charge in [-0.1, -0.05) is 32.0 Å². The Morgan fingerprint density at radius 2 is 2.00 bits per heavy atom. The molecule has 3 heteroatoms. The summed E-state index contributed by atoms with van der Waals surface area (Å²) < 4.78 is 5.56. The van der Waals surface area contributed by atoms with Crippen LogP contribution < -0.4 is 10.1 Å². The topological polar surface area (TPSA) is 41.5 Å². The molecule has 1 aromatic carbocycles. The molecule has 0 fully saturated rings. The Balaban J connectivity index is 2.76. The third-order valence-corrected chi connectivity index (χ3v) is 2.79. The fourth-order valence-electron chi connectivity index (χ4n) is 1.89. The predicted molar refractivity (Wildman–Crippen MR) is 74.9 cm³/mol. The molecule has 0 saturated heterocycles. The van der Waals surface area contributed by atoms with E-state index in [4.69, 9.17) is 4.74 Å². The maximum absolute atomic E-state index is 10.6. The molecule has 18 heavy (non-hydrogen) atoms. The number of benzene rings is 1. The molecule has 0 amide bonds. The molecule has 0 heterocycles. The summed E-state index contributed by atoms with van der Waals surface area (Å²) in [7, 11) is 0. The summed E-state index contributed by atoms with van der Waals surface area (Å²) in [6.07, 6.45) is 0. The van der Waals surface area contributed by atoms with E-state index < -0.39 is 5.60 Å². The summed E-state index contributed by atoms with van der Waals surface area (Å²) in [6, 6.07) is 7.67. The first-order valence-electron chi connectivity index (χ1n) is 6.62. The van der Waals surface area contributed by atoms with Crippen LogP contribution in [0.4, 0.5) is 0 Å². The maximum Gasteiger partial charge on any atom is 0.125 e. The zero-order valence-corrected chi connectivity index (χ0v) is 11.9. The van der Waals surface area contributed by atoms with Crippen molar-refractivity contribution in [1.82, 2.24) is 5.32 Å². The summed E-state index contributed by atoms with van der Waals surface area (Å²) in [6.45, 7) is 10.1. The Kier molecular flexibility index (Phi) is 5.63. The molecule has 1 aromatic rings. The van der Waals surface area contributed by atoms with Crippen molar-refractivity contribution in [3.8, 4) is 5.75 Å². The molecular formula is C15H25NO2. The van der Waals surface area contributed by atoms with Crippen LogP contribution in [0.1, 0.15) is 33.3 Å². The minimum atomic E-state index is -0.916. The van der Waals surface area contributed by atoms with Crippen molar-refractivity contribution in [2.24, 2.45) is 5.92 Å². The Labute approximate surface area is 110 Å². The van der Waals surface area contributed by atoms with Crippen molar-refractivity contribution >= 4 is 0 Å². The van der Waals surface area contributed by atoms with Gasteiger partial charge >= 0.3 is 0 Å². The van der Waals surface area contributed by atoms with E-state index in [0.717, 1.165) is 17.9 Å². The lowest BCUT2D eigenvalue weighted by atomic mass is 9.95. The van der Waals surface area contributed by atoms with Crippen molar-refractivity contribution in [1.29, 1.82) is 0 Å².